The van der Waals surface area contributed by atoms with Crippen LogP contribution in [0.1, 0.15) is 0 Å². The molecule has 0 fully saturated rings. The molecule has 0 saturated heterocycles. The second-order valence-electron chi connectivity index (χ2n) is 5.17. The van der Waals surface area contributed by atoms with Gasteiger partial charge in [-0.2, -0.15) is 0 Å². The van der Waals surface area contributed by atoms with E-state index >= 15 is 0 Å². The van der Waals surface area contributed by atoms with Gasteiger partial charge in [0.05, 0.1) is 17.9 Å². The van der Waals surface area contributed by atoms with E-state index in [0.717, 1.165) is 5.69 Å². The molecule has 2 aromatic rings. The zero-order valence-electron chi connectivity index (χ0n) is 12.0. The van der Waals surface area contributed by atoms with Crippen molar-refractivity contribution in [3.05, 3.63) is 34.6 Å². The number of allylic oxidation sites excluding steroid dienone is 1. The Balaban J connectivity index is 1.98. The molecule has 0 spiro atoms. The van der Waals surface area contributed by atoms with Gasteiger partial charge >= 0.3 is 0 Å². The molecule has 7 heteroatoms. The van der Waals surface area contributed by atoms with E-state index < -0.39 is 0 Å². The normalized spacial score (nSPS) is 12.5. The van der Waals surface area contributed by atoms with Crippen LogP contribution in [0.25, 0.3) is 6.20 Å². The summed E-state index contributed by atoms with van der Waals surface area (Å²) in [5, 5.41) is 3.05. The van der Waals surface area contributed by atoms with Gasteiger partial charge in [-0.3, -0.25) is 4.79 Å². The average Bonchev–Trinajstić information content (AvgIpc) is 3.00. The Kier molecular flexibility index (Phi) is 2.90. The molecular weight excluding hydrogens is 268 g/mol. The van der Waals surface area contributed by atoms with Crippen molar-refractivity contribution in [1.82, 2.24) is 9.36 Å². The van der Waals surface area contributed by atoms with E-state index in [-0.39, 0.29) is 5.56 Å². The van der Waals surface area contributed by atoms with Crippen LogP contribution in [-0.2, 0) is 6.54 Å². The smallest absolute Gasteiger partial charge is 0.293 e. The Morgan fingerprint density at radius 3 is 2.67 bits per heavy atom. The van der Waals surface area contributed by atoms with Crippen LogP contribution in [0.5, 0.6) is 0 Å². The van der Waals surface area contributed by atoms with Crippen LogP contribution in [0.15, 0.2) is 29.1 Å². The number of nitrogens with one attached hydrogen (secondary N) is 1. The molecule has 1 aliphatic heterocycles. The van der Waals surface area contributed by atoms with Crippen molar-refractivity contribution in [2.45, 2.75) is 6.54 Å². The number of hydrogen-bond donors (Lipinski definition) is 3. The van der Waals surface area contributed by atoms with Crippen molar-refractivity contribution in [3.8, 4) is 0 Å². The first-order valence-corrected chi connectivity index (χ1v) is 6.60. The Morgan fingerprint density at radius 2 is 2.05 bits per heavy atom. The molecule has 7 nitrogen and oxygen atoms in total. The molecule has 0 amide bonds. The molecule has 3 rings (SSSR count). The molecule has 0 radical (unpaired) electrons. The minimum absolute atomic E-state index is 0.159. The summed E-state index contributed by atoms with van der Waals surface area (Å²) >= 11 is 0. The van der Waals surface area contributed by atoms with Gasteiger partial charge in [-0.15, -0.1) is 0 Å². The largest absolute Gasteiger partial charge is 0.397 e. The summed E-state index contributed by atoms with van der Waals surface area (Å²) in [7, 11) is 3.88. The monoisotopic (exact) mass is 286 g/mol. The quantitative estimate of drug-likeness (QED) is 0.735. The molecule has 0 saturated carbocycles. The van der Waals surface area contributed by atoms with E-state index in [1.54, 1.807) is 15.6 Å². The fraction of sp³-hybridized carbons (Fsp3) is 0.214. The Morgan fingerprint density at radius 1 is 1.29 bits per heavy atom. The second kappa shape index (κ2) is 4.62. The lowest BCUT2D eigenvalue weighted by Gasteiger charge is -2.15. The number of hydrogen-bond acceptors (Lipinski definition) is 5. The topological polar surface area (TPSA) is 94.2 Å². The van der Waals surface area contributed by atoms with Gasteiger partial charge < -0.3 is 21.7 Å². The van der Waals surface area contributed by atoms with Crippen LogP contribution < -0.4 is 27.2 Å². The van der Waals surface area contributed by atoms with Gasteiger partial charge in [-0.1, -0.05) is 0 Å². The number of fused-ring (bicyclic) bond motifs is 1. The van der Waals surface area contributed by atoms with Crippen LogP contribution in [-0.4, -0.2) is 23.5 Å². The zero-order chi connectivity index (χ0) is 15.1. The third kappa shape index (κ3) is 2.03. The standard InChI is InChI=1S/C14H18N6O/c1-18(2)9-4-5-11(10(15)8-9)17-12-13(16)19-6-3-7-20(19)14(12)21/h3-6,8,17H,7,15-16H2,1-2H3. The van der Waals surface area contributed by atoms with Crippen molar-refractivity contribution in [3.63, 3.8) is 0 Å². The number of nitrogen functional groups attached to an aromatic ring is 2. The van der Waals surface area contributed by atoms with Crippen LogP contribution in [0, 0.1) is 0 Å². The molecule has 21 heavy (non-hydrogen) atoms. The molecule has 0 atom stereocenters. The highest BCUT2D eigenvalue weighted by Gasteiger charge is 2.19. The van der Waals surface area contributed by atoms with E-state index in [1.165, 1.54) is 0 Å². The van der Waals surface area contributed by atoms with E-state index in [1.807, 2.05) is 43.3 Å². The minimum atomic E-state index is -0.159. The van der Waals surface area contributed by atoms with Crippen LogP contribution >= 0.6 is 0 Å². The van der Waals surface area contributed by atoms with Crippen LogP contribution in [0.4, 0.5) is 28.6 Å². The number of nitrogens with two attached hydrogens (primary N) is 2. The van der Waals surface area contributed by atoms with Gasteiger partial charge in [0.1, 0.15) is 5.69 Å². The predicted octanol–water partition coefficient (Wildman–Crippen LogP) is 1.11. The first-order valence-electron chi connectivity index (χ1n) is 6.60. The maximum atomic E-state index is 12.3. The summed E-state index contributed by atoms with van der Waals surface area (Å²) in [5.41, 5.74) is 14.5. The lowest BCUT2D eigenvalue weighted by atomic mass is 10.2. The van der Waals surface area contributed by atoms with Crippen LogP contribution in [0.2, 0.25) is 0 Å². The number of aromatic nitrogens is 2. The third-order valence-electron chi connectivity index (χ3n) is 3.55. The lowest BCUT2D eigenvalue weighted by molar-refractivity contribution is 0.653. The fourth-order valence-electron chi connectivity index (χ4n) is 2.35. The van der Waals surface area contributed by atoms with E-state index in [0.29, 0.717) is 29.4 Å². The molecule has 110 valence electrons. The summed E-state index contributed by atoms with van der Waals surface area (Å²) < 4.78 is 3.19. The molecule has 2 heterocycles. The van der Waals surface area contributed by atoms with Crippen molar-refractivity contribution < 1.29 is 0 Å². The lowest BCUT2D eigenvalue weighted by Crippen LogP contribution is -2.18. The molecule has 1 aliphatic rings. The number of rotatable bonds is 3. The molecular formula is C14H18N6O. The molecule has 0 bridgehead atoms. The van der Waals surface area contributed by atoms with Gasteiger partial charge in [0.15, 0.2) is 5.82 Å². The molecule has 1 aromatic carbocycles. The van der Waals surface area contributed by atoms with E-state index in [4.69, 9.17) is 11.5 Å². The Hall–Kier alpha value is -2.83. The number of nitrogens with zero attached hydrogens (tertiary/aromatic N) is 3. The summed E-state index contributed by atoms with van der Waals surface area (Å²) in [6, 6.07) is 5.61. The number of benzene rings is 1. The Labute approximate surface area is 122 Å². The zero-order valence-corrected chi connectivity index (χ0v) is 12.0. The maximum Gasteiger partial charge on any atom is 0.293 e. The maximum absolute atomic E-state index is 12.3. The number of anilines is 5. The first-order chi connectivity index (χ1) is 9.99. The second-order valence-corrected chi connectivity index (χ2v) is 5.17. The summed E-state index contributed by atoms with van der Waals surface area (Å²) in [6.07, 6.45) is 3.65. The van der Waals surface area contributed by atoms with Gasteiger partial charge in [-0.05, 0) is 24.3 Å². The fourth-order valence-corrected chi connectivity index (χ4v) is 2.35. The molecule has 1 aromatic heterocycles. The average molecular weight is 286 g/mol. The van der Waals surface area contributed by atoms with Crippen molar-refractivity contribution >= 4 is 34.8 Å². The molecule has 5 N–H and O–H groups in total. The first kappa shape index (κ1) is 13.2. The van der Waals surface area contributed by atoms with Gasteiger partial charge in [0.2, 0.25) is 0 Å². The van der Waals surface area contributed by atoms with Crippen molar-refractivity contribution in [2.24, 2.45) is 0 Å². The summed E-state index contributed by atoms with van der Waals surface area (Å²) in [4.78, 5) is 14.2. The van der Waals surface area contributed by atoms with Gasteiger partial charge in [0, 0.05) is 26.0 Å². The summed E-state index contributed by atoms with van der Waals surface area (Å²) in [6.45, 7) is 0.528. The summed E-state index contributed by atoms with van der Waals surface area (Å²) in [5.74, 6) is 0.379. The molecule has 0 aliphatic carbocycles. The van der Waals surface area contributed by atoms with Crippen molar-refractivity contribution in [1.29, 1.82) is 0 Å². The van der Waals surface area contributed by atoms with Gasteiger partial charge in [-0.25, -0.2) is 9.36 Å². The minimum Gasteiger partial charge on any atom is -0.397 e. The highest BCUT2D eigenvalue weighted by Crippen LogP contribution is 2.29. The highest BCUT2D eigenvalue weighted by molar-refractivity contribution is 5.80. The van der Waals surface area contributed by atoms with Crippen molar-refractivity contribution in [2.75, 3.05) is 35.8 Å². The SMILES string of the molecule is CN(C)c1ccc(Nc2c(N)n3n(c2=O)CC=C3)c(N)c1. The van der Waals surface area contributed by atoms with E-state index in [2.05, 4.69) is 5.32 Å². The van der Waals surface area contributed by atoms with Crippen LogP contribution in [0.3, 0.4) is 0 Å². The molecule has 0 unspecified atom stereocenters. The van der Waals surface area contributed by atoms with E-state index in [9.17, 15) is 4.79 Å². The highest BCUT2D eigenvalue weighted by atomic mass is 16.1. The Bertz CT molecular complexity index is 783. The third-order valence-corrected chi connectivity index (χ3v) is 3.55. The van der Waals surface area contributed by atoms with Gasteiger partial charge in [0.25, 0.3) is 5.56 Å². The predicted molar refractivity (Wildman–Crippen MR) is 86.9 cm³/mol.